The first-order valence-electron chi connectivity index (χ1n) is 6.36. The minimum Gasteiger partial charge on any atom is -0.387 e. The molecule has 0 aliphatic heterocycles. The number of rotatable bonds is 5. The Kier molecular flexibility index (Phi) is 4.92. The summed E-state index contributed by atoms with van der Waals surface area (Å²) in [6, 6.07) is 9.36. The molecule has 5 nitrogen and oxygen atoms in total. The monoisotopic (exact) mass is 337 g/mol. The molecule has 0 amide bonds. The third kappa shape index (κ3) is 3.26. The molecule has 1 heterocycles. The van der Waals surface area contributed by atoms with Gasteiger partial charge in [0.25, 0.3) is 5.56 Å². The molecule has 0 saturated heterocycles. The fraction of sp³-hybridized carbons (Fsp3) is 0.286. The van der Waals surface area contributed by atoms with Crippen LogP contribution in [-0.4, -0.2) is 21.4 Å². The Labute approximate surface area is 125 Å². The van der Waals surface area contributed by atoms with Gasteiger partial charge in [-0.1, -0.05) is 30.3 Å². The van der Waals surface area contributed by atoms with Crippen LogP contribution in [0, 0.1) is 0 Å². The van der Waals surface area contributed by atoms with Gasteiger partial charge in [-0.25, -0.2) is 4.68 Å². The number of hydrogen-bond donors (Lipinski definition) is 2. The smallest absolute Gasteiger partial charge is 0.283 e. The van der Waals surface area contributed by atoms with Crippen LogP contribution in [0.1, 0.15) is 18.6 Å². The largest absolute Gasteiger partial charge is 0.387 e. The summed E-state index contributed by atoms with van der Waals surface area (Å²) in [4.78, 5) is 11.9. The van der Waals surface area contributed by atoms with E-state index in [-0.39, 0.29) is 5.56 Å². The molecule has 0 aliphatic carbocycles. The maximum absolute atomic E-state index is 11.9. The molecule has 1 aromatic heterocycles. The molecule has 0 aliphatic rings. The predicted molar refractivity (Wildman–Crippen MR) is 81.8 cm³/mol. The summed E-state index contributed by atoms with van der Waals surface area (Å²) in [5.41, 5.74) is 1.22. The van der Waals surface area contributed by atoms with Gasteiger partial charge in [0.05, 0.1) is 18.0 Å². The quantitative estimate of drug-likeness (QED) is 0.877. The number of hydrogen-bond acceptors (Lipinski definition) is 4. The highest BCUT2D eigenvalue weighted by atomic mass is 79.9. The van der Waals surface area contributed by atoms with Crippen LogP contribution in [0.4, 0.5) is 5.69 Å². The van der Waals surface area contributed by atoms with E-state index in [0.29, 0.717) is 23.2 Å². The number of aromatic nitrogens is 2. The predicted octanol–water partition coefficient (Wildman–Crippen LogP) is 2.17. The number of halogens is 1. The highest BCUT2D eigenvalue weighted by Crippen LogP contribution is 2.18. The van der Waals surface area contributed by atoms with Crippen molar-refractivity contribution in [2.45, 2.75) is 19.6 Å². The molecule has 2 aromatic rings. The van der Waals surface area contributed by atoms with E-state index >= 15 is 0 Å². The molecule has 2 rings (SSSR count). The summed E-state index contributed by atoms with van der Waals surface area (Å²) in [6.45, 7) is 2.68. The topological polar surface area (TPSA) is 67.2 Å². The van der Waals surface area contributed by atoms with E-state index < -0.39 is 6.10 Å². The van der Waals surface area contributed by atoms with Crippen LogP contribution in [0.15, 0.2) is 45.8 Å². The Morgan fingerprint density at radius 1 is 1.40 bits per heavy atom. The number of benzene rings is 1. The molecular formula is C14H16BrN3O2. The second kappa shape index (κ2) is 6.67. The lowest BCUT2D eigenvalue weighted by atomic mass is 10.1. The van der Waals surface area contributed by atoms with Crippen molar-refractivity contribution < 1.29 is 5.11 Å². The van der Waals surface area contributed by atoms with Crippen molar-refractivity contribution in [2.75, 3.05) is 11.9 Å². The summed E-state index contributed by atoms with van der Waals surface area (Å²) in [5.74, 6) is 0. The van der Waals surface area contributed by atoms with Gasteiger partial charge in [-0.2, -0.15) is 5.10 Å². The van der Waals surface area contributed by atoms with Gasteiger partial charge < -0.3 is 10.4 Å². The second-order valence-electron chi connectivity index (χ2n) is 4.30. The van der Waals surface area contributed by atoms with E-state index in [1.165, 1.54) is 4.68 Å². The second-order valence-corrected chi connectivity index (χ2v) is 5.09. The van der Waals surface area contributed by atoms with Crippen molar-refractivity contribution in [1.29, 1.82) is 0 Å². The highest BCUT2D eigenvalue weighted by Gasteiger charge is 2.10. The summed E-state index contributed by atoms with van der Waals surface area (Å²) < 4.78 is 1.79. The van der Waals surface area contributed by atoms with Crippen LogP contribution in [0.25, 0.3) is 0 Å². The van der Waals surface area contributed by atoms with E-state index in [2.05, 4.69) is 26.3 Å². The van der Waals surface area contributed by atoms with Gasteiger partial charge in [0.2, 0.25) is 0 Å². The van der Waals surface area contributed by atoms with Gasteiger partial charge in [0.1, 0.15) is 4.47 Å². The summed E-state index contributed by atoms with van der Waals surface area (Å²) in [7, 11) is 0. The first-order chi connectivity index (χ1) is 9.63. The minimum absolute atomic E-state index is 0.188. The lowest BCUT2D eigenvalue weighted by molar-refractivity contribution is 0.191. The number of anilines is 1. The first kappa shape index (κ1) is 14.7. The van der Waals surface area contributed by atoms with Crippen molar-refractivity contribution in [2.24, 2.45) is 0 Å². The fourth-order valence-electron chi connectivity index (χ4n) is 1.81. The van der Waals surface area contributed by atoms with Crippen molar-refractivity contribution in [1.82, 2.24) is 9.78 Å². The third-order valence-electron chi connectivity index (χ3n) is 2.95. The molecule has 0 spiro atoms. The molecule has 0 fully saturated rings. The maximum Gasteiger partial charge on any atom is 0.283 e. The van der Waals surface area contributed by atoms with Gasteiger partial charge in [-0.05, 0) is 28.4 Å². The lowest BCUT2D eigenvalue weighted by Crippen LogP contribution is -2.24. The molecule has 0 bridgehead atoms. The summed E-state index contributed by atoms with van der Waals surface area (Å²) in [6.07, 6.45) is 0.934. The van der Waals surface area contributed by atoms with E-state index in [9.17, 15) is 9.90 Å². The highest BCUT2D eigenvalue weighted by molar-refractivity contribution is 9.10. The SMILES string of the molecule is CCn1ncc(NCC(O)c2ccccc2)c(Br)c1=O. The lowest BCUT2D eigenvalue weighted by Gasteiger charge is -2.14. The summed E-state index contributed by atoms with van der Waals surface area (Å²) in [5, 5.41) is 17.1. The van der Waals surface area contributed by atoms with Gasteiger partial charge in [-0.15, -0.1) is 0 Å². The molecule has 20 heavy (non-hydrogen) atoms. The normalized spacial score (nSPS) is 12.2. The van der Waals surface area contributed by atoms with Crippen molar-refractivity contribution in [3.8, 4) is 0 Å². The molecule has 1 unspecified atom stereocenters. The minimum atomic E-state index is -0.642. The van der Waals surface area contributed by atoms with Crippen LogP contribution in [0.5, 0.6) is 0 Å². The number of nitrogens with one attached hydrogen (secondary N) is 1. The van der Waals surface area contributed by atoms with Gasteiger partial charge in [-0.3, -0.25) is 4.79 Å². The molecule has 1 aromatic carbocycles. The molecular weight excluding hydrogens is 322 g/mol. The van der Waals surface area contributed by atoms with Crippen LogP contribution in [0.2, 0.25) is 0 Å². The van der Waals surface area contributed by atoms with Crippen LogP contribution in [-0.2, 0) is 6.54 Å². The van der Waals surface area contributed by atoms with E-state index in [1.54, 1.807) is 6.20 Å². The first-order valence-corrected chi connectivity index (χ1v) is 7.15. The molecule has 0 saturated carbocycles. The standard InChI is InChI=1S/C14H16BrN3O2/c1-2-18-14(20)13(15)11(8-17-18)16-9-12(19)10-6-4-3-5-7-10/h3-8,12,16,19H,2,9H2,1H3. The third-order valence-corrected chi connectivity index (χ3v) is 3.72. The Hall–Kier alpha value is -1.66. The van der Waals surface area contributed by atoms with Crippen LogP contribution < -0.4 is 10.9 Å². The molecule has 0 radical (unpaired) electrons. The van der Waals surface area contributed by atoms with E-state index in [1.807, 2.05) is 37.3 Å². The summed E-state index contributed by atoms with van der Waals surface area (Å²) >= 11 is 3.26. The van der Waals surface area contributed by atoms with Crippen LogP contribution in [0.3, 0.4) is 0 Å². The Morgan fingerprint density at radius 3 is 2.75 bits per heavy atom. The maximum atomic E-state index is 11.9. The average Bonchev–Trinajstić information content (AvgIpc) is 2.49. The number of nitrogens with zero attached hydrogens (tertiary/aromatic N) is 2. The number of aryl methyl sites for hydroxylation is 1. The molecule has 2 N–H and O–H groups in total. The van der Waals surface area contributed by atoms with Gasteiger partial charge in [0, 0.05) is 13.1 Å². The van der Waals surface area contributed by atoms with E-state index in [0.717, 1.165) is 5.56 Å². The zero-order valence-corrected chi connectivity index (χ0v) is 12.7. The molecule has 6 heteroatoms. The molecule has 106 valence electrons. The Balaban J connectivity index is 2.08. The number of aliphatic hydroxyl groups is 1. The van der Waals surface area contributed by atoms with Crippen molar-refractivity contribution in [3.63, 3.8) is 0 Å². The number of aliphatic hydroxyl groups excluding tert-OH is 1. The van der Waals surface area contributed by atoms with Crippen molar-refractivity contribution >= 4 is 21.6 Å². The fourth-order valence-corrected chi connectivity index (χ4v) is 2.26. The van der Waals surface area contributed by atoms with Gasteiger partial charge >= 0.3 is 0 Å². The zero-order valence-electron chi connectivity index (χ0n) is 11.1. The average molecular weight is 338 g/mol. The van der Waals surface area contributed by atoms with E-state index in [4.69, 9.17) is 0 Å². The Bertz CT molecular complexity index is 628. The zero-order chi connectivity index (χ0) is 14.5. The Morgan fingerprint density at radius 2 is 2.10 bits per heavy atom. The van der Waals surface area contributed by atoms with Gasteiger partial charge in [0.15, 0.2) is 0 Å². The van der Waals surface area contributed by atoms with Crippen LogP contribution >= 0.6 is 15.9 Å². The van der Waals surface area contributed by atoms with Crippen molar-refractivity contribution in [3.05, 3.63) is 56.9 Å². The molecule has 1 atom stereocenters.